The first-order valence-electron chi connectivity index (χ1n) is 7.36. The van der Waals surface area contributed by atoms with Gasteiger partial charge in [-0.25, -0.2) is 0 Å². The van der Waals surface area contributed by atoms with Crippen molar-refractivity contribution in [3.05, 3.63) is 34.3 Å². The zero-order valence-corrected chi connectivity index (χ0v) is 13.6. The quantitative estimate of drug-likeness (QED) is 0.930. The summed E-state index contributed by atoms with van der Waals surface area (Å²) in [5.74, 6) is 0.0633. The van der Waals surface area contributed by atoms with E-state index >= 15 is 0 Å². The molecule has 5 heteroatoms. The first-order chi connectivity index (χ1) is 9.88. The molecule has 1 amide bonds. The molecule has 116 valence electrons. The first-order valence-corrected chi connectivity index (χ1v) is 7.74. The lowest BCUT2D eigenvalue weighted by molar-refractivity contribution is 0.0382. The molecule has 0 spiro atoms. The highest BCUT2D eigenvalue weighted by molar-refractivity contribution is 6.30. The number of rotatable bonds is 3. The van der Waals surface area contributed by atoms with Crippen LogP contribution >= 0.6 is 11.6 Å². The van der Waals surface area contributed by atoms with Crippen LogP contribution in [0.2, 0.25) is 5.02 Å². The van der Waals surface area contributed by atoms with Crippen molar-refractivity contribution in [1.82, 2.24) is 9.80 Å². The maximum atomic E-state index is 12.7. The fraction of sp³-hybridized carbons (Fsp3) is 0.562. The van der Waals surface area contributed by atoms with E-state index in [9.17, 15) is 9.90 Å². The molecule has 21 heavy (non-hydrogen) atoms. The standard InChI is InChI=1S/C16H23ClN2O2/c1-11-8-14(17)4-5-15(11)16(21)19-7-6-18(9-12(19)2)10-13(3)20/h4-5,8,12-13,20H,6-7,9-10H2,1-3H3/t12-,13-/m1/s1. The fourth-order valence-corrected chi connectivity index (χ4v) is 3.12. The normalized spacial score (nSPS) is 21.4. The minimum atomic E-state index is -0.335. The molecule has 1 saturated heterocycles. The molecule has 0 bridgehead atoms. The van der Waals surface area contributed by atoms with Gasteiger partial charge in [-0.3, -0.25) is 9.69 Å². The van der Waals surface area contributed by atoms with Gasteiger partial charge in [-0.05, 0) is 44.5 Å². The molecule has 0 unspecified atom stereocenters. The summed E-state index contributed by atoms with van der Waals surface area (Å²) >= 11 is 5.95. The number of piperazine rings is 1. The number of aryl methyl sites for hydroxylation is 1. The number of halogens is 1. The number of carbonyl (C=O) groups is 1. The number of aliphatic hydroxyl groups excluding tert-OH is 1. The summed E-state index contributed by atoms with van der Waals surface area (Å²) < 4.78 is 0. The van der Waals surface area contributed by atoms with Gasteiger partial charge >= 0.3 is 0 Å². The third kappa shape index (κ3) is 3.96. The second-order valence-electron chi connectivity index (χ2n) is 5.92. The Morgan fingerprint density at radius 3 is 2.76 bits per heavy atom. The highest BCUT2D eigenvalue weighted by atomic mass is 35.5. The Morgan fingerprint density at radius 1 is 1.48 bits per heavy atom. The van der Waals surface area contributed by atoms with Gasteiger partial charge in [-0.15, -0.1) is 0 Å². The molecule has 1 heterocycles. The molecule has 0 radical (unpaired) electrons. The van der Waals surface area contributed by atoms with Gasteiger partial charge < -0.3 is 10.0 Å². The second kappa shape index (κ2) is 6.77. The van der Waals surface area contributed by atoms with Crippen molar-refractivity contribution < 1.29 is 9.90 Å². The smallest absolute Gasteiger partial charge is 0.254 e. The predicted molar refractivity (Wildman–Crippen MR) is 84.8 cm³/mol. The van der Waals surface area contributed by atoms with Gasteiger partial charge in [0.05, 0.1) is 6.10 Å². The molecule has 1 N–H and O–H groups in total. The largest absolute Gasteiger partial charge is 0.392 e. The summed E-state index contributed by atoms with van der Waals surface area (Å²) in [4.78, 5) is 16.8. The minimum absolute atomic E-state index is 0.0633. The van der Waals surface area contributed by atoms with Gasteiger partial charge in [0, 0.05) is 42.8 Å². The summed E-state index contributed by atoms with van der Waals surface area (Å²) in [6.45, 7) is 8.70. The van der Waals surface area contributed by atoms with E-state index in [0.717, 1.165) is 24.2 Å². The van der Waals surface area contributed by atoms with Crippen LogP contribution in [0.25, 0.3) is 0 Å². The SMILES string of the molecule is Cc1cc(Cl)ccc1C(=O)N1CCN(C[C@@H](C)O)C[C@H]1C. The molecule has 4 nitrogen and oxygen atoms in total. The molecule has 0 saturated carbocycles. The van der Waals surface area contributed by atoms with Crippen LogP contribution in [0.4, 0.5) is 0 Å². The Balaban J connectivity index is 2.07. The van der Waals surface area contributed by atoms with Crippen LogP contribution in [-0.4, -0.2) is 59.1 Å². The molecule has 1 aromatic rings. The van der Waals surface area contributed by atoms with Crippen molar-refractivity contribution in [2.45, 2.75) is 32.9 Å². The molecule has 2 atom stereocenters. The van der Waals surface area contributed by atoms with Crippen molar-refractivity contribution in [2.24, 2.45) is 0 Å². The van der Waals surface area contributed by atoms with E-state index in [0.29, 0.717) is 18.1 Å². The molecular formula is C16H23ClN2O2. The summed E-state index contributed by atoms with van der Waals surface area (Å²) in [6.07, 6.45) is -0.335. The van der Waals surface area contributed by atoms with Crippen LogP contribution in [0, 0.1) is 6.92 Å². The van der Waals surface area contributed by atoms with Crippen LogP contribution in [0.15, 0.2) is 18.2 Å². The lowest BCUT2D eigenvalue weighted by Crippen LogP contribution is -2.55. The van der Waals surface area contributed by atoms with E-state index in [-0.39, 0.29) is 18.1 Å². The van der Waals surface area contributed by atoms with Gasteiger partial charge in [-0.2, -0.15) is 0 Å². The monoisotopic (exact) mass is 310 g/mol. The number of hydrogen-bond acceptors (Lipinski definition) is 3. The Labute approximate surface area is 131 Å². The van der Waals surface area contributed by atoms with Crippen molar-refractivity contribution in [3.8, 4) is 0 Å². The lowest BCUT2D eigenvalue weighted by Gasteiger charge is -2.40. The number of nitrogens with zero attached hydrogens (tertiary/aromatic N) is 2. The molecule has 1 aliphatic rings. The topological polar surface area (TPSA) is 43.8 Å². The number of aliphatic hydroxyl groups is 1. The number of β-amino-alcohol motifs (C(OH)–C–C–N with tert-alkyl or cyclic N) is 1. The summed E-state index contributed by atoms with van der Waals surface area (Å²) in [6, 6.07) is 5.52. The molecule has 1 fully saturated rings. The Hall–Kier alpha value is -1.10. The van der Waals surface area contributed by atoms with Gasteiger partial charge in [0.15, 0.2) is 0 Å². The first kappa shape index (κ1) is 16.3. The molecule has 1 aromatic carbocycles. The molecule has 1 aliphatic heterocycles. The van der Waals surface area contributed by atoms with E-state index < -0.39 is 0 Å². The van der Waals surface area contributed by atoms with Gasteiger partial charge in [0.1, 0.15) is 0 Å². The zero-order valence-electron chi connectivity index (χ0n) is 12.8. The van der Waals surface area contributed by atoms with Crippen LogP contribution in [0.3, 0.4) is 0 Å². The Kier molecular flexibility index (Phi) is 5.25. The summed E-state index contributed by atoms with van der Waals surface area (Å²) in [7, 11) is 0. The van der Waals surface area contributed by atoms with Crippen molar-refractivity contribution >= 4 is 17.5 Å². The van der Waals surface area contributed by atoms with Gasteiger partial charge in [0.2, 0.25) is 0 Å². The lowest BCUT2D eigenvalue weighted by atomic mass is 10.1. The maximum absolute atomic E-state index is 12.7. The number of amides is 1. The number of hydrogen-bond donors (Lipinski definition) is 1. The summed E-state index contributed by atoms with van der Waals surface area (Å²) in [5, 5.41) is 10.1. The van der Waals surface area contributed by atoms with Crippen LogP contribution in [0.5, 0.6) is 0 Å². The van der Waals surface area contributed by atoms with Gasteiger partial charge in [0.25, 0.3) is 5.91 Å². The molecule has 0 aromatic heterocycles. The predicted octanol–water partition coefficient (Wildman–Crippen LogP) is 2.18. The number of benzene rings is 1. The highest BCUT2D eigenvalue weighted by Crippen LogP contribution is 2.19. The maximum Gasteiger partial charge on any atom is 0.254 e. The van der Waals surface area contributed by atoms with E-state index in [1.54, 1.807) is 19.1 Å². The van der Waals surface area contributed by atoms with E-state index in [4.69, 9.17) is 11.6 Å². The average molecular weight is 311 g/mol. The highest BCUT2D eigenvalue weighted by Gasteiger charge is 2.29. The molecule has 2 rings (SSSR count). The van der Waals surface area contributed by atoms with E-state index in [1.165, 1.54) is 0 Å². The number of carbonyl (C=O) groups excluding carboxylic acids is 1. The molecule has 0 aliphatic carbocycles. The van der Waals surface area contributed by atoms with Crippen LogP contribution in [0.1, 0.15) is 29.8 Å². The van der Waals surface area contributed by atoms with Crippen molar-refractivity contribution in [3.63, 3.8) is 0 Å². The van der Waals surface area contributed by atoms with E-state index in [2.05, 4.69) is 11.8 Å². The minimum Gasteiger partial charge on any atom is -0.392 e. The Morgan fingerprint density at radius 2 is 2.19 bits per heavy atom. The van der Waals surface area contributed by atoms with E-state index in [1.807, 2.05) is 17.9 Å². The average Bonchev–Trinajstić information content (AvgIpc) is 2.37. The zero-order chi connectivity index (χ0) is 15.6. The third-order valence-electron chi connectivity index (χ3n) is 3.91. The van der Waals surface area contributed by atoms with Crippen molar-refractivity contribution in [2.75, 3.05) is 26.2 Å². The molecular weight excluding hydrogens is 288 g/mol. The van der Waals surface area contributed by atoms with Gasteiger partial charge in [-0.1, -0.05) is 11.6 Å². The third-order valence-corrected chi connectivity index (χ3v) is 4.15. The summed E-state index contributed by atoms with van der Waals surface area (Å²) in [5.41, 5.74) is 1.63. The Bertz CT molecular complexity index is 519. The van der Waals surface area contributed by atoms with Crippen LogP contribution < -0.4 is 0 Å². The van der Waals surface area contributed by atoms with Crippen LogP contribution in [-0.2, 0) is 0 Å². The van der Waals surface area contributed by atoms with Crippen molar-refractivity contribution in [1.29, 1.82) is 0 Å². The second-order valence-corrected chi connectivity index (χ2v) is 6.35. The fourth-order valence-electron chi connectivity index (χ4n) is 2.90.